The van der Waals surface area contributed by atoms with Crippen molar-refractivity contribution in [2.45, 2.75) is 39.2 Å². The summed E-state index contributed by atoms with van der Waals surface area (Å²) in [5.41, 5.74) is 7.50. The number of carbonyl (C=O) groups is 1. The molecule has 0 radical (unpaired) electrons. The summed E-state index contributed by atoms with van der Waals surface area (Å²) in [5, 5.41) is 7.77. The number of halogens is 1. The summed E-state index contributed by atoms with van der Waals surface area (Å²) in [6.45, 7) is 6.56. The lowest BCUT2D eigenvalue weighted by molar-refractivity contribution is 0.104. The first-order valence-corrected chi connectivity index (χ1v) is 12.9. The Morgan fingerprint density at radius 1 is 1.45 bits per heavy atom. The monoisotopic (exact) mass is 485 g/mol. The van der Waals surface area contributed by atoms with E-state index in [9.17, 15) is 4.79 Å². The number of ketones is 1. The summed E-state index contributed by atoms with van der Waals surface area (Å²) < 4.78 is 0. The maximum atomic E-state index is 13.5. The molecule has 4 unspecified atom stereocenters. The maximum absolute atomic E-state index is 13.5. The van der Waals surface area contributed by atoms with Crippen molar-refractivity contribution < 1.29 is 4.79 Å². The molecule has 1 fully saturated rings. The fourth-order valence-electron chi connectivity index (χ4n) is 4.77. The van der Waals surface area contributed by atoms with Gasteiger partial charge in [-0.05, 0) is 62.4 Å². The number of nitrogens with two attached hydrogens (primary N) is 1. The Morgan fingerprint density at radius 3 is 3.09 bits per heavy atom. The number of anilines is 1. The molecule has 2 aromatic heterocycles. The lowest BCUT2D eigenvalue weighted by atomic mass is 9.76. The van der Waals surface area contributed by atoms with Crippen LogP contribution in [0.3, 0.4) is 0 Å². The van der Waals surface area contributed by atoms with Crippen molar-refractivity contribution in [3.63, 3.8) is 0 Å². The van der Waals surface area contributed by atoms with Crippen LogP contribution in [0.5, 0.6) is 0 Å². The molecule has 6 nitrogen and oxygen atoms in total. The Labute approximate surface area is 204 Å². The molecule has 1 aliphatic heterocycles. The number of piperidine rings is 1. The highest BCUT2D eigenvalue weighted by Crippen LogP contribution is 2.42. The molecule has 0 saturated carbocycles. The van der Waals surface area contributed by atoms with Gasteiger partial charge in [0.25, 0.3) is 0 Å². The Kier molecular flexibility index (Phi) is 7.96. The minimum absolute atomic E-state index is 0.0483. The van der Waals surface area contributed by atoms with E-state index < -0.39 is 0 Å². The van der Waals surface area contributed by atoms with Crippen LogP contribution < -0.4 is 16.4 Å². The van der Waals surface area contributed by atoms with Gasteiger partial charge in [-0.25, -0.2) is 9.97 Å². The van der Waals surface area contributed by atoms with Crippen LogP contribution >= 0.6 is 22.9 Å². The van der Waals surface area contributed by atoms with Crippen molar-refractivity contribution in [2.75, 3.05) is 25.0 Å². The first-order valence-electron chi connectivity index (χ1n) is 11.7. The Balaban J connectivity index is 1.54. The third-order valence-corrected chi connectivity index (χ3v) is 8.12. The Morgan fingerprint density at radius 2 is 2.30 bits per heavy atom. The second-order valence-corrected chi connectivity index (χ2v) is 10.5. The number of carbonyl (C=O) groups excluding carboxylic acids is 1. The zero-order chi connectivity index (χ0) is 23.4. The molecule has 1 saturated heterocycles. The molecule has 4 N–H and O–H groups in total. The zero-order valence-electron chi connectivity index (χ0n) is 19.2. The van der Waals surface area contributed by atoms with Crippen LogP contribution in [-0.2, 0) is 0 Å². The first kappa shape index (κ1) is 24.1. The van der Waals surface area contributed by atoms with Crippen molar-refractivity contribution >= 4 is 34.5 Å². The topological polar surface area (TPSA) is 92.9 Å². The molecule has 33 heavy (non-hydrogen) atoms. The van der Waals surface area contributed by atoms with Crippen molar-refractivity contribution in [1.29, 1.82) is 0 Å². The zero-order valence-corrected chi connectivity index (χ0v) is 20.8. The van der Waals surface area contributed by atoms with Gasteiger partial charge in [-0.15, -0.1) is 11.3 Å². The van der Waals surface area contributed by atoms with Gasteiger partial charge in [-0.3, -0.25) is 4.79 Å². The molecule has 4 rings (SSSR count). The highest BCUT2D eigenvalue weighted by atomic mass is 35.5. The van der Waals surface area contributed by atoms with Gasteiger partial charge >= 0.3 is 0 Å². The highest BCUT2D eigenvalue weighted by molar-refractivity contribution is 7.14. The van der Waals surface area contributed by atoms with E-state index in [4.69, 9.17) is 17.3 Å². The Hall–Kier alpha value is -2.06. The van der Waals surface area contributed by atoms with E-state index in [-0.39, 0.29) is 11.8 Å². The molecule has 2 aromatic rings. The third-order valence-electron chi connectivity index (χ3n) is 6.80. The molecule has 1 aliphatic carbocycles. The molecule has 8 heteroatoms. The molecular weight excluding hydrogens is 454 g/mol. The Bertz CT molecular complexity index is 1050. The molecule has 0 spiro atoms. The molecule has 0 aromatic carbocycles. The number of rotatable bonds is 9. The van der Waals surface area contributed by atoms with Gasteiger partial charge in [0.05, 0.1) is 10.4 Å². The molecule has 3 heterocycles. The molecule has 0 bridgehead atoms. The van der Waals surface area contributed by atoms with Gasteiger partial charge in [0.1, 0.15) is 12.1 Å². The van der Waals surface area contributed by atoms with E-state index in [1.807, 2.05) is 12.1 Å². The predicted octanol–water partition coefficient (Wildman–Crippen LogP) is 4.82. The summed E-state index contributed by atoms with van der Waals surface area (Å²) in [5.74, 6) is 1.75. The average Bonchev–Trinajstić information content (AvgIpc) is 3.22. The fourth-order valence-corrected chi connectivity index (χ4v) is 6.01. The van der Waals surface area contributed by atoms with Crippen molar-refractivity contribution in [1.82, 2.24) is 15.3 Å². The van der Waals surface area contributed by atoms with Gasteiger partial charge in [0.2, 0.25) is 5.78 Å². The normalized spacial score (nSPS) is 23.0. The summed E-state index contributed by atoms with van der Waals surface area (Å²) >= 11 is 7.86. The third kappa shape index (κ3) is 5.38. The van der Waals surface area contributed by atoms with Crippen LogP contribution in [0, 0.1) is 24.7 Å². The molecule has 0 amide bonds. The number of hydrogen-bond acceptors (Lipinski definition) is 7. The average molecular weight is 486 g/mol. The minimum Gasteiger partial charge on any atom is -0.369 e. The number of fused-ring (bicyclic) bond motifs is 1. The van der Waals surface area contributed by atoms with Gasteiger partial charge in [-0.2, -0.15) is 0 Å². The van der Waals surface area contributed by atoms with Crippen LogP contribution in [-0.4, -0.2) is 35.4 Å². The van der Waals surface area contributed by atoms with Crippen LogP contribution in [0.2, 0.25) is 0 Å². The molecule has 2 aliphatic rings. The van der Waals surface area contributed by atoms with Crippen LogP contribution in [0.15, 0.2) is 41.9 Å². The van der Waals surface area contributed by atoms with E-state index in [1.165, 1.54) is 23.2 Å². The van der Waals surface area contributed by atoms with Gasteiger partial charge in [0.15, 0.2) is 0 Å². The lowest BCUT2D eigenvalue weighted by Gasteiger charge is -2.38. The van der Waals surface area contributed by atoms with E-state index in [2.05, 4.69) is 46.6 Å². The SMILES string of the molecule is CCC(CN)CCNc1ncncc1C(=O)c1cc(C2NCCC3C=CC(Cl)=CC32)c(C)s1. The van der Waals surface area contributed by atoms with Crippen LogP contribution in [0.4, 0.5) is 5.82 Å². The summed E-state index contributed by atoms with van der Waals surface area (Å²) in [7, 11) is 0. The van der Waals surface area contributed by atoms with Crippen LogP contribution in [0.1, 0.15) is 57.9 Å². The predicted molar refractivity (Wildman–Crippen MR) is 136 cm³/mol. The fraction of sp³-hybridized carbons (Fsp3) is 0.480. The maximum Gasteiger partial charge on any atom is 0.208 e. The van der Waals surface area contributed by atoms with Crippen molar-refractivity contribution in [3.8, 4) is 0 Å². The summed E-state index contributed by atoms with van der Waals surface area (Å²) in [6, 6.07) is 2.19. The summed E-state index contributed by atoms with van der Waals surface area (Å²) in [4.78, 5) is 23.8. The summed E-state index contributed by atoms with van der Waals surface area (Å²) in [6.07, 6.45) is 12.5. The number of hydrogen-bond donors (Lipinski definition) is 3. The first-order chi connectivity index (χ1) is 16.0. The smallest absolute Gasteiger partial charge is 0.208 e. The number of thiophene rings is 1. The minimum atomic E-state index is -0.0483. The van der Waals surface area contributed by atoms with Gasteiger partial charge in [-0.1, -0.05) is 37.1 Å². The van der Waals surface area contributed by atoms with Crippen molar-refractivity contribution in [2.24, 2.45) is 23.5 Å². The number of allylic oxidation sites excluding steroid dienone is 3. The molecule has 176 valence electrons. The number of aromatic nitrogens is 2. The standard InChI is InChI=1S/C25H32ClN5OS/c1-3-16(12-27)6-8-30-25-21(13-28-14-31-25)24(32)22-11-19(15(2)33-22)23-20-10-18(26)5-4-17(20)7-9-29-23/h4-5,10-11,13-14,16-17,20,23,29H,3,6-9,12,27H2,1-2H3,(H,28,30,31). The molecule has 4 atom stereocenters. The second-order valence-electron chi connectivity index (χ2n) is 8.83. The largest absolute Gasteiger partial charge is 0.369 e. The highest BCUT2D eigenvalue weighted by Gasteiger charge is 2.35. The van der Waals surface area contributed by atoms with E-state index in [0.29, 0.717) is 40.6 Å². The van der Waals surface area contributed by atoms with Gasteiger partial charge in [0, 0.05) is 34.6 Å². The van der Waals surface area contributed by atoms with Crippen molar-refractivity contribution in [3.05, 3.63) is 62.7 Å². The van der Waals surface area contributed by atoms with Gasteiger partial charge < -0.3 is 16.4 Å². The molecular formula is C25H32ClN5OS. The van der Waals surface area contributed by atoms with E-state index in [0.717, 1.165) is 42.3 Å². The second kappa shape index (κ2) is 10.9. The number of nitrogens with zero attached hydrogens (tertiary/aromatic N) is 2. The van der Waals surface area contributed by atoms with Crippen LogP contribution in [0.25, 0.3) is 0 Å². The lowest BCUT2D eigenvalue weighted by Crippen LogP contribution is -2.39. The number of nitrogens with one attached hydrogen (secondary N) is 2. The van der Waals surface area contributed by atoms with E-state index >= 15 is 0 Å². The van der Waals surface area contributed by atoms with E-state index in [1.54, 1.807) is 6.20 Å². The quantitative estimate of drug-likeness (QED) is 0.441. The number of aryl methyl sites for hydroxylation is 1.